The predicted octanol–water partition coefficient (Wildman–Crippen LogP) is 2.13. The van der Waals surface area contributed by atoms with Crippen molar-refractivity contribution in [3.05, 3.63) is 23.8 Å². The molecule has 5 heteroatoms. The summed E-state index contributed by atoms with van der Waals surface area (Å²) < 4.78 is 5.03. The summed E-state index contributed by atoms with van der Waals surface area (Å²) in [4.78, 5) is 24.3. The van der Waals surface area contributed by atoms with E-state index in [0.717, 1.165) is 24.1 Å². The molecule has 0 aliphatic carbocycles. The van der Waals surface area contributed by atoms with Crippen molar-refractivity contribution < 1.29 is 14.3 Å². The first-order valence-electron chi connectivity index (χ1n) is 5.79. The summed E-state index contributed by atoms with van der Waals surface area (Å²) in [5, 5.41) is 0. The molecule has 0 N–H and O–H groups in total. The third kappa shape index (κ3) is 2.64. The maximum atomic E-state index is 11.7. The summed E-state index contributed by atoms with van der Waals surface area (Å²) in [6.07, 6.45) is 1.76. The standard InChI is InChI=1S/C13H14ClNO3/c1-9(16)18-11-4-5-12-10(7-11)3-2-6-15(12)13(17)8-14/h4-5,7H,2-3,6,8H2,1H3. The molecule has 0 atom stereocenters. The van der Waals surface area contributed by atoms with Crippen LogP contribution < -0.4 is 9.64 Å². The van der Waals surface area contributed by atoms with E-state index in [2.05, 4.69) is 0 Å². The van der Waals surface area contributed by atoms with Crippen LogP contribution in [0.5, 0.6) is 5.75 Å². The minimum Gasteiger partial charge on any atom is -0.427 e. The highest BCUT2D eigenvalue weighted by Gasteiger charge is 2.22. The molecule has 1 aromatic rings. The topological polar surface area (TPSA) is 46.6 Å². The molecule has 1 aliphatic rings. The second kappa shape index (κ2) is 5.40. The van der Waals surface area contributed by atoms with Crippen molar-refractivity contribution in [3.63, 3.8) is 0 Å². The van der Waals surface area contributed by atoms with E-state index >= 15 is 0 Å². The van der Waals surface area contributed by atoms with Crippen LogP contribution in [-0.4, -0.2) is 24.3 Å². The number of halogens is 1. The van der Waals surface area contributed by atoms with E-state index in [4.69, 9.17) is 16.3 Å². The third-order valence-electron chi connectivity index (χ3n) is 2.85. The minimum atomic E-state index is -0.348. The highest BCUT2D eigenvalue weighted by molar-refractivity contribution is 6.29. The van der Waals surface area contributed by atoms with Gasteiger partial charge >= 0.3 is 5.97 Å². The zero-order valence-corrected chi connectivity index (χ0v) is 10.9. The number of rotatable bonds is 2. The van der Waals surface area contributed by atoms with Crippen LogP contribution in [0.1, 0.15) is 18.9 Å². The monoisotopic (exact) mass is 267 g/mol. The molecule has 0 unspecified atom stereocenters. The van der Waals surface area contributed by atoms with Gasteiger partial charge in [0.15, 0.2) is 0 Å². The molecule has 2 rings (SSSR count). The van der Waals surface area contributed by atoms with Crippen LogP contribution in [0.3, 0.4) is 0 Å². The lowest BCUT2D eigenvalue weighted by molar-refractivity contribution is -0.131. The predicted molar refractivity (Wildman–Crippen MR) is 69.1 cm³/mol. The number of nitrogens with zero attached hydrogens (tertiary/aromatic N) is 1. The Labute approximate surface area is 110 Å². The van der Waals surface area contributed by atoms with Gasteiger partial charge in [-0.1, -0.05) is 0 Å². The van der Waals surface area contributed by atoms with Gasteiger partial charge < -0.3 is 9.64 Å². The Balaban J connectivity index is 2.30. The highest BCUT2D eigenvalue weighted by Crippen LogP contribution is 2.30. The summed E-state index contributed by atoms with van der Waals surface area (Å²) in [5.74, 6) is 0.0456. The number of aryl methyl sites for hydroxylation is 1. The molecule has 0 aromatic heterocycles. The molecule has 1 heterocycles. The van der Waals surface area contributed by atoms with Crippen molar-refractivity contribution in [2.45, 2.75) is 19.8 Å². The maximum Gasteiger partial charge on any atom is 0.308 e. The van der Waals surface area contributed by atoms with E-state index in [1.165, 1.54) is 6.92 Å². The van der Waals surface area contributed by atoms with Gasteiger partial charge in [0, 0.05) is 19.2 Å². The summed E-state index contributed by atoms with van der Waals surface area (Å²) in [6, 6.07) is 5.31. The van der Waals surface area contributed by atoms with Crippen LogP contribution in [0.2, 0.25) is 0 Å². The molecule has 1 amide bonds. The zero-order valence-electron chi connectivity index (χ0n) is 10.1. The van der Waals surface area contributed by atoms with Gasteiger partial charge in [0.2, 0.25) is 5.91 Å². The third-order valence-corrected chi connectivity index (χ3v) is 3.08. The van der Waals surface area contributed by atoms with E-state index in [1.807, 2.05) is 6.07 Å². The number of anilines is 1. The fourth-order valence-electron chi connectivity index (χ4n) is 2.13. The number of fused-ring (bicyclic) bond motifs is 1. The normalized spacial score (nSPS) is 14.0. The summed E-state index contributed by atoms with van der Waals surface area (Å²) in [6.45, 7) is 2.05. The molecular formula is C13H14ClNO3. The fourth-order valence-corrected chi connectivity index (χ4v) is 2.28. The lowest BCUT2D eigenvalue weighted by atomic mass is 10.0. The largest absolute Gasteiger partial charge is 0.427 e. The number of ether oxygens (including phenoxy) is 1. The average molecular weight is 268 g/mol. The Morgan fingerprint density at radius 3 is 2.89 bits per heavy atom. The van der Waals surface area contributed by atoms with Crippen LogP contribution in [0.25, 0.3) is 0 Å². The van der Waals surface area contributed by atoms with Crippen LogP contribution in [0.15, 0.2) is 18.2 Å². The first-order valence-corrected chi connectivity index (χ1v) is 6.33. The number of amides is 1. The van der Waals surface area contributed by atoms with Crippen molar-refractivity contribution in [1.29, 1.82) is 0 Å². The summed E-state index contributed by atoms with van der Waals surface area (Å²) >= 11 is 5.59. The number of carbonyl (C=O) groups excluding carboxylic acids is 2. The van der Waals surface area contributed by atoms with Gasteiger partial charge in [0.1, 0.15) is 11.6 Å². The van der Waals surface area contributed by atoms with E-state index in [1.54, 1.807) is 17.0 Å². The molecule has 0 saturated carbocycles. The second-order valence-electron chi connectivity index (χ2n) is 4.17. The van der Waals surface area contributed by atoms with Gasteiger partial charge in [-0.25, -0.2) is 0 Å². The van der Waals surface area contributed by atoms with Crippen molar-refractivity contribution in [2.75, 3.05) is 17.3 Å². The summed E-state index contributed by atoms with van der Waals surface area (Å²) in [7, 11) is 0. The maximum absolute atomic E-state index is 11.7. The van der Waals surface area contributed by atoms with E-state index < -0.39 is 0 Å². The quantitative estimate of drug-likeness (QED) is 0.468. The molecule has 4 nitrogen and oxygen atoms in total. The number of alkyl halides is 1. The highest BCUT2D eigenvalue weighted by atomic mass is 35.5. The van der Waals surface area contributed by atoms with Crippen LogP contribution in [-0.2, 0) is 16.0 Å². The van der Waals surface area contributed by atoms with Crippen molar-refractivity contribution in [2.24, 2.45) is 0 Å². The molecule has 0 fully saturated rings. The number of esters is 1. The van der Waals surface area contributed by atoms with Crippen molar-refractivity contribution >= 4 is 29.2 Å². The molecule has 96 valence electrons. The summed E-state index contributed by atoms with van der Waals surface area (Å²) in [5.41, 5.74) is 1.88. The van der Waals surface area contributed by atoms with Gasteiger partial charge in [-0.05, 0) is 36.6 Å². The van der Waals surface area contributed by atoms with E-state index in [-0.39, 0.29) is 17.8 Å². The van der Waals surface area contributed by atoms with E-state index in [0.29, 0.717) is 12.3 Å². The SMILES string of the molecule is CC(=O)Oc1ccc2c(c1)CCCN2C(=O)CCl. The Morgan fingerprint density at radius 2 is 2.22 bits per heavy atom. The van der Waals surface area contributed by atoms with Crippen LogP contribution in [0, 0.1) is 0 Å². The molecule has 0 bridgehead atoms. The van der Waals surface area contributed by atoms with Gasteiger partial charge in [-0.15, -0.1) is 11.6 Å². The van der Waals surface area contributed by atoms with Gasteiger partial charge in [0.05, 0.1) is 0 Å². The zero-order chi connectivity index (χ0) is 13.1. The first kappa shape index (κ1) is 12.9. The van der Waals surface area contributed by atoms with Crippen LogP contribution in [0.4, 0.5) is 5.69 Å². The van der Waals surface area contributed by atoms with Gasteiger partial charge in [-0.2, -0.15) is 0 Å². The fraction of sp³-hybridized carbons (Fsp3) is 0.385. The number of benzene rings is 1. The first-order chi connectivity index (χ1) is 8.61. The van der Waals surface area contributed by atoms with Crippen molar-refractivity contribution in [1.82, 2.24) is 0 Å². The molecular weight excluding hydrogens is 254 g/mol. The Morgan fingerprint density at radius 1 is 1.44 bits per heavy atom. The number of hydrogen-bond donors (Lipinski definition) is 0. The minimum absolute atomic E-state index is 0.0227. The van der Waals surface area contributed by atoms with Gasteiger partial charge in [-0.3, -0.25) is 9.59 Å². The number of hydrogen-bond acceptors (Lipinski definition) is 3. The molecule has 0 radical (unpaired) electrons. The average Bonchev–Trinajstić information content (AvgIpc) is 2.36. The van der Waals surface area contributed by atoms with Crippen molar-refractivity contribution in [3.8, 4) is 5.75 Å². The van der Waals surface area contributed by atoms with Gasteiger partial charge in [0.25, 0.3) is 0 Å². The van der Waals surface area contributed by atoms with E-state index in [9.17, 15) is 9.59 Å². The Bertz CT molecular complexity index is 487. The second-order valence-corrected chi connectivity index (χ2v) is 4.43. The molecule has 1 aliphatic heterocycles. The lowest BCUT2D eigenvalue weighted by Crippen LogP contribution is -2.36. The molecule has 0 spiro atoms. The molecule has 1 aromatic carbocycles. The molecule has 18 heavy (non-hydrogen) atoms. The smallest absolute Gasteiger partial charge is 0.308 e. The lowest BCUT2D eigenvalue weighted by Gasteiger charge is -2.29. The van der Waals surface area contributed by atoms with Crippen LogP contribution >= 0.6 is 11.6 Å². The molecule has 0 saturated heterocycles. The Kier molecular flexibility index (Phi) is 3.87. The number of carbonyl (C=O) groups is 2. The Hall–Kier alpha value is -1.55.